The average molecular weight is 211 g/mol. The molecule has 4 nitrogen and oxygen atoms in total. The summed E-state index contributed by atoms with van der Waals surface area (Å²) in [6.45, 7) is 0.594. The Balaban J connectivity index is 1.93. The van der Waals surface area contributed by atoms with Crippen molar-refractivity contribution in [2.45, 2.75) is 44.6 Å². The predicted octanol–water partition coefficient (Wildman–Crippen LogP) is 0.686. The number of carbonyl (C=O) groups excluding carboxylic acids is 2. The molecule has 0 unspecified atom stereocenters. The van der Waals surface area contributed by atoms with Crippen LogP contribution in [0.15, 0.2) is 0 Å². The van der Waals surface area contributed by atoms with Gasteiger partial charge in [-0.3, -0.25) is 14.5 Å². The van der Waals surface area contributed by atoms with Crippen LogP contribution in [0.4, 0.5) is 0 Å². The van der Waals surface area contributed by atoms with Crippen LogP contribution in [-0.2, 0) is 9.59 Å². The van der Waals surface area contributed by atoms with E-state index in [1.54, 1.807) is 0 Å². The summed E-state index contributed by atoms with van der Waals surface area (Å²) in [7, 11) is 0. The van der Waals surface area contributed by atoms with Gasteiger partial charge in [0.05, 0.1) is 6.10 Å². The van der Waals surface area contributed by atoms with Crippen molar-refractivity contribution >= 4 is 11.8 Å². The van der Waals surface area contributed by atoms with E-state index in [-0.39, 0.29) is 23.8 Å². The maximum atomic E-state index is 11.9. The van der Waals surface area contributed by atoms with Gasteiger partial charge < -0.3 is 5.11 Å². The number of aliphatic hydroxyl groups excluding tert-OH is 1. The molecule has 0 aromatic carbocycles. The second-order valence-corrected chi connectivity index (χ2v) is 4.49. The number of hydrogen-bond donors (Lipinski definition) is 1. The molecular weight excluding hydrogens is 194 g/mol. The maximum Gasteiger partial charge on any atom is 0.232 e. The first kappa shape index (κ1) is 10.6. The van der Waals surface area contributed by atoms with E-state index in [2.05, 4.69) is 0 Å². The van der Waals surface area contributed by atoms with Crippen molar-refractivity contribution in [3.63, 3.8) is 0 Å². The van der Waals surface area contributed by atoms with Crippen molar-refractivity contribution < 1.29 is 14.7 Å². The van der Waals surface area contributed by atoms with Crippen molar-refractivity contribution in [1.82, 2.24) is 4.90 Å². The summed E-state index contributed by atoms with van der Waals surface area (Å²) in [5, 5.41) is 9.33. The number of imide groups is 1. The second kappa shape index (κ2) is 4.31. The van der Waals surface area contributed by atoms with Gasteiger partial charge in [-0.05, 0) is 32.1 Å². The van der Waals surface area contributed by atoms with Crippen LogP contribution in [0.2, 0.25) is 0 Å². The Kier molecular flexibility index (Phi) is 3.05. The molecular formula is C11H17NO3. The zero-order valence-corrected chi connectivity index (χ0v) is 8.82. The topological polar surface area (TPSA) is 57.6 Å². The van der Waals surface area contributed by atoms with Crippen molar-refractivity contribution in [3.8, 4) is 0 Å². The first-order chi connectivity index (χ1) is 7.18. The Morgan fingerprint density at radius 1 is 1.27 bits per heavy atom. The molecule has 0 spiro atoms. The van der Waals surface area contributed by atoms with E-state index in [1.165, 1.54) is 4.90 Å². The van der Waals surface area contributed by atoms with Crippen molar-refractivity contribution in [3.05, 3.63) is 0 Å². The monoisotopic (exact) mass is 211 g/mol. The molecule has 84 valence electrons. The van der Waals surface area contributed by atoms with E-state index >= 15 is 0 Å². The number of amides is 2. The van der Waals surface area contributed by atoms with Crippen LogP contribution in [0.3, 0.4) is 0 Å². The summed E-state index contributed by atoms with van der Waals surface area (Å²) in [5.74, 6) is -0.0639. The van der Waals surface area contributed by atoms with Gasteiger partial charge in [-0.25, -0.2) is 0 Å². The summed E-state index contributed by atoms with van der Waals surface area (Å²) in [4.78, 5) is 24.7. The third-order valence-electron chi connectivity index (χ3n) is 3.39. The fourth-order valence-corrected chi connectivity index (χ4v) is 2.42. The van der Waals surface area contributed by atoms with Gasteiger partial charge in [0.2, 0.25) is 11.8 Å². The molecule has 0 atom stereocenters. The van der Waals surface area contributed by atoms with Crippen molar-refractivity contribution in [2.24, 2.45) is 5.92 Å². The van der Waals surface area contributed by atoms with Gasteiger partial charge >= 0.3 is 0 Å². The lowest BCUT2D eigenvalue weighted by Gasteiger charge is -2.27. The van der Waals surface area contributed by atoms with Crippen LogP contribution in [0.25, 0.3) is 0 Å². The summed E-state index contributed by atoms with van der Waals surface area (Å²) in [6, 6.07) is 0. The molecule has 1 saturated heterocycles. The van der Waals surface area contributed by atoms with Crippen molar-refractivity contribution in [1.29, 1.82) is 0 Å². The van der Waals surface area contributed by atoms with Gasteiger partial charge in [-0.15, -0.1) is 0 Å². The highest BCUT2D eigenvalue weighted by Gasteiger charge is 2.33. The number of aliphatic hydroxyl groups is 1. The van der Waals surface area contributed by atoms with Gasteiger partial charge in [0, 0.05) is 18.9 Å². The quantitative estimate of drug-likeness (QED) is 0.649. The molecule has 0 radical (unpaired) electrons. The standard InChI is InChI=1S/C11H17NO3/c13-9-5-3-8(4-6-9)11(15)12-7-1-2-10(12)14/h8-9,13H,1-7H2. The van der Waals surface area contributed by atoms with E-state index < -0.39 is 0 Å². The van der Waals surface area contributed by atoms with Crippen LogP contribution in [0.1, 0.15) is 38.5 Å². The third kappa shape index (κ3) is 2.20. The molecule has 2 aliphatic rings. The summed E-state index contributed by atoms with van der Waals surface area (Å²) < 4.78 is 0. The normalized spacial score (nSPS) is 32.1. The molecule has 0 aromatic heterocycles. The highest BCUT2D eigenvalue weighted by Crippen LogP contribution is 2.27. The Morgan fingerprint density at radius 2 is 1.93 bits per heavy atom. The lowest BCUT2D eigenvalue weighted by atomic mass is 9.86. The molecule has 0 bridgehead atoms. The van der Waals surface area contributed by atoms with Crippen LogP contribution in [0.5, 0.6) is 0 Å². The SMILES string of the molecule is O=C1CCCN1C(=O)C1CCC(O)CC1. The Hall–Kier alpha value is -0.900. The van der Waals surface area contributed by atoms with Gasteiger partial charge in [-0.2, -0.15) is 0 Å². The molecule has 15 heavy (non-hydrogen) atoms. The number of carbonyl (C=O) groups is 2. The zero-order chi connectivity index (χ0) is 10.8. The zero-order valence-electron chi connectivity index (χ0n) is 8.82. The van der Waals surface area contributed by atoms with E-state index in [1.807, 2.05) is 0 Å². The van der Waals surface area contributed by atoms with E-state index in [4.69, 9.17) is 0 Å². The fourth-order valence-electron chi connectivity index (χ4n) is 2.42. The minimum absolute atomic E-state index is 0.00981. The number of likely N-dealkylation sites (tertiary alicyclic amines) is 1. The summed E-state index contributed by atoms with van der Waals surface area (Å²) in [6.07, 6.45) is 3.91. The molecule has 2 rings (SSSR count). The third-order valence-corrected chi connectivity index (χ3v) is 3.39. The van der Waals surface area contributed by atoms with Crippen LogP contribution in [-0.4, -0.2) is 34.5 Å². The van der Waals surface area contributed by atoms with Gasteiger partial charge in [-0.1, -0.05) is 0 Å². The van der Waals surface area contributed by atoms with E-state index in [0.29, 0.717) is 25.8 Å². The van der Waals surface area contributed by atoms with Gasteiger partial charge in [0.1, 0.15) is 0 Å². The Labute approximate surface area is 89.3 Å². The molecule has 1 aliphatic heterocycles. The molecule has 2 fully saturated rings. The maximum absolute atomic E-state index is 11.9. The fraction of sp³-hybridized carbons (Fsp3) is 0.818. The highest BCUT2D eigenvalue weighted by molar-refractivity contribution is 5.97. The van der Waals surface area contributed by atoms with Crippen LogP contribution in [0, 0.1) is 5.92 Å². The number of nitrogens with zero attached hydrogens (tertiary/aromatic N) is 1. The predicted molar refractivity (Wildman–Crippen MR) is 53.9 cm³/mol. The first-order valence-corrected chi connectivity index (χ1v) is 5.71. The number of hydrogen-bond acceptors (Lipinski definition) is 3. The van der Waals surface area contributed by atoms with Crippen LogP contribution >= 0.6 is 0 Å². The smallest absolute Gasteiger partial charge is 0.232 e. The van der Waals surface area contributed by atoms with Crippen LogP contribution < -0.4 is 0 Å². The van der Waals surface area contributed by atoms with Gasteiger partial charge in [0.15, 0.2) is 0 Å². The molecule has 2 amide bonds. The Morgan fingerprint density at radius 3 is 2.47 bits per heavy atom. The molecule has 1 aliphatic carbocycles. The summed E-state index contributed by atoms with van der Waals surface area (Å²) >= 11 is 0. The highest BCUT2D eigenvalue weighted by atomic mass is 16.3. The second-order valence-electron chi connectivity index (χ2n) is 4.49. The lowest BCUT2D eigenvalue weighted by molar-refractivity contribution is -0.145. The molecule has 0 aromatic rings. The van der Waals surface area contributed by atoms with Gasteiger partial charge in [0.25, 0.3) is 0 Å². The molecule has 4 heteroatoms. The first-order valence-electron chi connectivity index (χ1n) is 5.71. The van der Waals surface area contributed by atoms with E-state index in [9.17, 15) is 14.7 Å². The lowest BCUT2D eigenvalue weighted by Crippen LogP contribution is -2.38. The minimum atomic E-state index is -0.247. The molecule has 1 heterocycles. The minimum Gasteiger partial charge on any atom is -0.393 e. The molecule has 1 saturated carbocycles. The van der Waals surface area contributed by atoms with Crippen molar-refractivity contribution in [2.75, 3.05) is 6.54 Å². The van der Waals surface area contributed by atoms with E-state index in [0.717, 1.165) is 19.3 Å². The summed E-state index contributed by atoms with van der Waals surface area (Å²) in [5.41, 5.74) is 0. The average Bonchev–Trinajstić information content (AvgIpc) is 2.65. The molecule has 1 N–H and O–H groups in total. The number of rotatable bonds is 1. The Bertz CT molecular complexity index is 269. The largest absolute Gasteiger partial charge is 0.393 e.